The summed E-state index contributed by atoms with van der Waals surface area (Å²) in [6, 6.07) is 5.80. The van der Waals surface area contributed by atoms with Gasteiger partial charge in [-0.15, -0.1) is 0 Å². The van der Waals surface area contributed by atoms with Crippen LogP contribution in [0.2, 0.25) is 0 Å². The number of carbonyl (C=O) groups is 1. The molecule has 0 saturated carbocycles. The van der Waals surface area contributed by atoms with E-state index in [0.29, 0.717) is 6.61 Å². The molecule has 0 aromatic heterocycles. The normalized spacial score (nSPS) is 18.9. The Balaban J connectivity index is 2.23. The summed E-state index contributed by atoms with van der Waals surface area (Å²) in [5, 5.41) is 3.27. The van der Waals surface area contributed by atoms with Crippen molar-refractivity contribution < 1.29 is 9.53 Å². The highest BCUT2D eigenvalue weighted by Crippen LogP contribution is 2.22. The Morgan fingerprint density at radius 1 is 1.44 bits per heavy atom. The smallest absolute Gasteiger partial charge is 0.180 e. The van der Waals surface area contributed by atoms with E-state index in [9.17, 15) is 4.79 Å². The van der Waals surface area contributed by atoms with Gasteiger partial charge in [0, 0.05) is 5.56 Å². The quantitative estimate of drug-likeness (QED) is 0.813. The van der Waals surface area contributed by atoms with E-state index in [4.69, 9.17) is 4.74 Å². The zero-order valence-corrected chi connectivity index (χ0v) is 11.2. The van der Waals surface area contributed by atoms with Crippen LogP contribution in [0, 0.1) is 0 Å². The molecule has 1 atom stereocenters. The van der Waals surface area contributed by atoms with Gasteiger partial charge in [0.1, 0.15) is 5.75 Å². The molecule has 1 aliphatic rings. The molecule has 0 bridgehead atoms. The van der Waals surface area contributed by atoms with Crippen molar-refractivity contribution >= 4 is 5.78 Å². The average molecular weight is 247 g/mol. The van der Waals surface area contributed by atoms with Crippen molar-refractivity contribution in [2.45, 2.75) is 39.2 Å². The predicted octanol–water partition coefficient (Wildman–Crippen LogP) is 2.58. The molecule has 1 aliphatic heterocycles. The predicted molar refractivity (Wildman–Crippen MR) is 72.3 cm³/mol. The van der Waals surface area contributed by atoms with Crippen molar-refractivity contribution in [3.8, 4) is 5.75 Å². The van der Waals surface area contributed by atoms with Crippen molar-refractivity contribution in [3.63, 3.8) is 0 Å². The molecule has 0 radical (unpaired) electrons. The minimum absolute atomic E-state index is 0.00763. The topological polar surface area (TPSA) is 38.3 Å². The number of ether oxygens (including phenoxy) is 1. The minimum Gasteiger partial charge on any atom is -0.494 e. The maximum Gasteiger partial charge on any atom is 0.180 e. The van der Waals surface area contributed by atoms with E-state index in [1.807, 2.05) is 25.1 Å². The van der Waals surface area contributed by atoms with E-state index < -0.39 is 0 Å². The van der Waals surface area contributed by atoms with Crippen LogP contribution in [-0.4, -0.2) is 25.0 Å². The van der Waals surface area contributed by atoms with Crippen molar-refractivity contribution in [2.24, 2.45) is 0 Å². The van der Waals surface area contributed by atoms with Gasteiger partial charge in [-0.25, -0.2) is 0 Å². The Morgan fingerprint density at radius 3 is 2.89 bits per heavy atom. The molecule has 2 rings (SSSR count). The van der Waals surface area contributed by atoms with Crippen LogP contribution in [0.1, 0.15) is 42.6 Å². The van der Waals surface area contributed by atoms with Gasteiger partial charge in [-0.05, 0) is 56.5 Å². The molecule has 98 valence electrons. The molecule has 3 nitrogen and oxygen atoms in total. The van der Waals surface area contributed by atoms with Gasteiger partial charge in [-0.1, -0.05) is 6.92 Å². The standard InChI is InChI=1S/C15H21NO2/c1-3-11-10-12(18-4-2)7-8-13(11)15(17)14-6-5-9-16-14/h7-8,10,14,16H,3-6,9H2,1-2H3. The lowest BCUT2D eigenvalue weighted by atomic mass is 9.96. The van der Waals surface area contributed by atoms with E-state index in [2.05, 4.69) is 12.2 Å². The summed E-state index contributed by atoms with van der Waals surface area (Å²) >= 11 is 0. The minimum atomic E-state index is 0.00763. The van der Waals surface area contributed by atoms with Crippen LogP contribution in [0.5, 0.6) is 5.75 Å². The van der Waals surface area contributed by atoms with E-state index in [1.54, 1.807) is 0 Å². The fourth-order valence-corrected chi connectivity index (χ4v) is 2.46. The fraction of sp³-hybridized carbons (Fsp3) is 0.533. The number of benzene rings is 1. The Hall–Kier alpha value is -1.35. The maximum atomic E-state index is 12.4. The first-order chi connectivity index (χ1) is 8.76. The summed E-state index contributed by atoms with van der Waals surface area (Å²) in [6.07, 6.45) is 2.90. The van der Waals surface area contributed by atoms with E-state index >= 15 is 0 Å². The van der Waals surface area contributed by atoms with Gasteiger partial charge in [0.2, 0.25) is 0 Å². The lowest BCUT2D eigenvalue weighted by molar-refractivity contribution is 0.0951. The van der Waals surface area contributed by atoms with Crippen molar-refractivity contribution in [1.82, 2.24) is 5.32 Å². The molecule has 0 aliphatic carbocycles. The lowest BCUT2D eigenvalue weighted by Crippen LogP contribution is -2.31. The maximum absolute atomic E-state index is 12.4. The first-order valence-electron chi connectivity index (χ1n) is 6.79. The van der Waals surface area contributed by atoms with Gasteiger partial charge in [0.25, 0.3) is 0 Å². The largest absolute Gasteiger partial charge is 0.494 e. The van der Waals surface area contributed by atoms with Crippen LogP contribution < -0.4 is 10.1 Å². The molecule has 1 saturated heterocycles. The van der Waals surface area contributed by atoms with Crippen LogP contribution in [-0.2, 0) is 6.42 Å². The monoisotopic (exact) mass is 247 g/mol. The third-order valence-electron chi connectivity index (χ3n) is 3.41. The fourth-order valence-electron chi connectivity index (χ4n) is 2.46. The van der Waals surface area contributed by atoms with E-state index in [0.717, 1.165) is 42.7 Å². The van der Waals surface area contributed by atoms with Crippen LogP contribution >= 0.6 is 0 Å². The molecule has 1 fully saturated rings. The van der Waals surface area contributed by atoms with E-state index in [-0.39, 0.29) is 11.8 Å². The number of hydrogen-bond acceptors (Lipinski definition) is 3. The second-order valence-corrected chi connectivity index (χ2v) is 4.62. The van der Waals surface area contributed by atoms with Gasteiger partial charge in [-0.2, -0.15) is 0 Å². The van der Waals surface area contributed by atoms with Crippen LogP contribution in [0.4, 0.5) is 0 Å². The number of aryl methyl sites for hydroxylation is 1. The summed E-state index contributed by atoms with van der Waals surface area (Å²) in [5.41, 5.74) is 1.93. The highest BCUT2D eigenvalue weighted by atomic mass is 16.5. The van der Waals surface area contributed by atoms with Crippen molar-refractivity contribution in [3.05, 3.63) is 29.3 Å². The molecular formula is C15H21NO2. The second-order valence-electron chi connectivity index (χ2n) is 4.62. The molecule has 1 aromatic rings. The van der Waals surface area contributed by atoms with Gasteiger partial charge in [0.05, 0.1) is 12.6 Å². The number of hydrogen-bond donors (Lipinski definition) is 1. The molecule has 1 heterocycles. The zero-order chi connectivity index (χ0) is 13.0. The number of Topliss-reactive ketones (excluding diaryl/α,β-unsaturated/α-hetero) is 1. The van der Waals surface area contributed by atoms with Crippen LogP contribution in [0.25, 0.3) is 0 Å². The van der Waals surface area contributed by atoms with E-state index in [1.165, 1.54) is 0 Å². The van der Waals surface area contributed by atoms with Crippen molar-refractivity contribution in [2.75, 3.05) is 13.2 Å². The summed E-state index contributed by atoms with van der Waals surface area (Å²) in [7, 11) is 0. The van der Waals surface area contributed by atoms with Crippen LogP contribution in [0.3, 0.4) is 0 Å². The Morgan fingerprint density at radius 2 is 2.28 bits per heavy atom. The van der Waals surface area contributed by atoms with Gasteiger partial charge in [0.15, 0.2) is 5.78 Å². The number of rotatable bonds is 5. The molecule has 1 N–H and O–H groups in total. The summed E-state index contributed by atoms with van der Waals surface area (Å²) in [6.45, 7) is 5.65. The molecule has 3 heteroatoms. The van der Waals surface area contributed by atoms with Crippen LogP contribution in [0.15, 0.2) is 18.2 Å². The Bertz CT molecular complexity index is 423. The highest BCUT2D eigenvalue weighted by Gasteiger charge is 2.24. The molecule has 0 spiro atoms. The molecule has 1 unspecified atom stereocenters. The molecular weight excluding hydrogens is 226 g/mol. The average Bonchev–Trinajstić information content (AvgIpc) is 2.92. The number of carbonyl (C=O) groups excluding carboxylic acids is 1. The highest BCUT2D eigenvalue weighted by molar-refractivity contribution is 6.01. The molecule has 1 aromatic carbocycles. The van der Waals surface area contributed by atoms with Gasteiger partial charge in [-0.3, -0.25) is 4.79 Å². The Kier molecular flexibility index (Phi) is 4.37. The Labute approximate surface area is 109 Å². The summed E-state index contributed by atoms with van der Waals surface area (Å²) < 4.78 is 5.48. The summed E-state index contributed by atoms with van der Waals surface area (Å²) in [5.74, 6) is 1.08. The second kappa shape index (κ2) is 6.01. The molecule has 18 heavy (non-hydrogen) atoms. The number of nitrogens with one attached hydrogen (secondary N) is 1. The van der Waals surface area contributed by atoms with Gasteiger partial charge < -0.3 is 10.1 Å². The third-order valence-corrected chi connectivity index (χ3v) is 3.41. The van der Waals surface area contributed by atoms with Crippen molar-refractivity contribution in [1.29, 1.82) is 0 Å². The SMILES string of the molecule is CCOc1ccc(C(=O)C2CCCN2)c(CC)c1. The first kappa shape index (κ1) is 13.1. The zero-order valence-electron chi connectivity index (χ0n) is 11.2. The molecule has 0 amide bonds. The first-order valence-corrected chi connectivity index (χ1v) is 6.79. The number of ketones is 1. The van der Waals surface area contributed by atoms with Gasteiger partial charge >= 0.3 is 0 Å². The lowest BCUT2D eigenvalue weighted by Gasteiger charge is -2.14. The summed E-state index contributed by atoms with van der Waals surface area (Å²) in [4.78, 5) is 12.4. The third kappa shape index (κ3) is 2.72.